The Morgan fingerprint density at radius 3 is 2.82 bits per heavy atom. The number of benzene rings is 1. The molecule has 156 valence electrons. The van der Waals surface area contributed by atoms with Gasteiger partial charge in [-0.15, -0.1) is 0 Å². The highest BCUT2D eigenvalue weighted by molar-refractivity contribution is 5.80. The number of aliphatic imine (C=N–C) groups is 1. The summed E-state index contributed by atoms with van der Waals surface area (Å²) in [7, 11) is 4.07. The van der Waals surface area contributed by atoms with Crippen molar-refractivity contribution in [2.45, 2.75) is 45.0 Å². The monoisotopic (exact) mass is 387 g/mol. The van der Waals surface area contributed by atoms with E-state index in [0.717, 1.165) is 51.8 Å². The average molecular weight is 388 g/mol. The predicted octanol–water partition coefficient (Wildman–Crippen LogP) is 1.88. The second-order valence-electron chi connectivity index (χ2n) is 8.05. The third-order valence-corrected chi connectivity index (χ3v) is 6.25. The van der Waals surface area contributed by atoms with Crippen LogP contribution in [-0.2, 0) is 11.3 Å². The molecule has 2 aliphatic heterocycles. The Morgan fingerprint density at radius 1 is 1.32 bits per heavy atom. The third kappa shape index (κ3) is 5.25. The Morgan fingerprint density at radius 2 is 2.11 bits per heavy atom. The molecule has 0 radical (unpaired) electrons. The zero-order valence-corrected chi connectivity index (χ0v) is 18.0. The van der Waals surface area contributed by atoms with Crippen LogP contribution < -0.4 is 5.32 Å². The van der Waals surface area contributed by atoms with Crippen LogP contribution in [0, 0.1) is 0 Å². The summed E-state index contributed by atoms with van der Waals surface area (Å²) in [5.74, 6) is 0.996. The lowest BCUT2D eigenvalue weighted by Crippen LogP contribution is -2.50. The number of morpholine rings is 1. The summed E-state index contributed by atoms with van der Waals surface area (Å²) in [5.41, 5.74) is 1.37. The minimum Gasteiger partial charge on any atom is -0.373 e. The van der Waals surface area contributed by atoms with Gasteiger partial charge in [0.1, 0.15) is 0 Å². The molecule has 3 unspecified atom stereocenters. The molecule has 3 rings (SSSR count). The predicted molar refractivity (Wildman–Crippen MR) is 116 cm³/mol. The first-order valence-electron chi connectivity index (χ1n) is 10.7. The van der Waals surface area contributed by atoms with Gasteiger partial charge in [0.15, 0.2) is 5.96 Å². The van der Waals surface area contributed by atoms with Crippen LogP contribution in [0.25, 0.3) is 0 Å². The normalized spacial score (nSPS) is 24.5. The van der Waals surface area contributed by atoms with Crippen LogP contribution in [0.4, 0.5) is 0 Å². The van der Waals surface area contributed by atoms with Crippen molar-refractivity contribution in [2.24, 2.45) is 4.99 Å². The first-order chi connectivity index (χ1) is 13.6. The van der Waals surface area contributed by atoms with E-state index in [-0.39, 0.29) is 6.10 Å². The Bertz CT molecular complexity index is 623. The number of hydrogen-bond acceptors (Lipinski definition) is 4. The van der Waals surface area contributed by atoms with Crippen LogP contribution in [0.15, 0.2) is 35.3 Å². The molecule has 0 saturated carbocycles. The molecule has 2 aliphatic rings. The standard InChI is InChI=1S/C22H37N5O/c1-5-18(2)25(4)12-11-24-22(23-3)27-16-20-21(17-27)28-14-13-26(20)15-19-9-7-6-8-10-19/h6-10,18,20-21H,5,11-17H2,1-4H3,(H,23,24). The van der Waals surface area contributed by atoms with Gasteiger partial charge in [0.2, 0.25) is 0 Å². The van der Waals surface area contributed by atoms with Gasteiger partial charge in [-0.2, -0.15) is 0 Å². The zero-order chi connectivity index (χ0) is 19.9. The Kier molecular flexibility index (Phi) is 7.71. The van der Waals surface area contributed by atoms with Crippen LogP contribution >= 0.6 is 0 Å². The van der Waals surface area contributed by atoms with E-state index in [4.69, 9.17) is 4.74 Å². The number of fused-ring (bicyclic) bond motifs is 1. The van der Waals surface area contributed by atoms with Crippen LogP contribution in [0.5, 0.6) is 0 Å². The average Bonchev–Trinajstić information content (AvgIpc) is 3.16. The van der Waals surface area contributed by atoms with Crippen molar-refractivity contribution in [1.29, 1.82) is 0 Å². The van der Waals surface area contributed by atoms with Gasteiger partial charge in [0, 0.05) is 52.4 Å². The fraction of sp³-hybridized carbons (Fsp3) is 0.682. The highest BCUT2D eigenvalue weighted by atomic mass is 16.5. The van der Waals surface area contributed by atoms with Gasteiger partial charge in [-0.25, -0.2) is 0 Å². The number of nitrogens with zero attached hydrogens (tertiary/aromatic N) is 4. The summed E-state index contributed by atoms with van der Waals surface area (Å²) in [6.45, 7) is 11.1. The lowest BCUT2D eigenvalue weighted by Gasteiger charge is -2.36. The number of guanidine groups is 1. The molecular weight excluding hydrogens is 350 g/mol. The maximum atomic E-state index is 6.11. The molecule has 0 aliphatic carbocycles. The highest BCUT2D eigenvalue weighted by Crippen LogP contribution is 2.24. The summed E-state index contributed by atoms with van der Waals surface area (Å²) < 4.78 is 6.11. The van der Waals surface area contributed by atoms with E-state index < -0.39 is 0 Å². The molecule has 0 aromatic heterocycles. The van der Waals surface area contributed by atoms with E-state index in [2.05, 4.69) is 76.2 Å². The molecule has 0 amide bonds. The molecule has 6 nitrogen and oxygen atoms in total. The second kappa shape index (κ2) is 10.2. The maximum absolute atomic E-state index is 6.11. The van der Waals surface area contributed by atoms with Gasteiger partial charge in [-0.05, 0) is 26.0 Å². The summed E-state index contributed by atoms with van der Waals surface area (Å²) in [4.78, 5) is 11.9. The number of likely N-dealkylation sites (tertiary alicyclic amines) is 1. The molecule has 2 fully saturated rings. The SMILES string of the molecule is CCC(C)N(C)CCNC(=NC)N1CC2OCCN(Cc3ccccc3)C2C1. The van der Waals surface area contributed by atoms with Crippen molar-refractivity contribution in [1.82, 2.24) is 20.0 Å². The molecular formula is C22H37N5O. The van der Waals surface area contributed by atoms with Crippen molar-refractivity contribution in [3.05, 3.63) is 35.9 Å². The fourth-order valence-electron chi connectivity index (χ4n) is 4.15. The molecule has 0 bridgehead atoms. The molecule has 0 spiro atoms. The fourth-order valence-corrected chi connectivity index (χ4v) is 4.15. The smallest absolute Gasteiger partial charge is 0.193 e. The van der Waals surface area contributed by atoms with Gasteiger partial charge in [0.05, 0.1) is 18.8 Å². The molecule has 2 heterocycles. The van der Waals surface area contributed by atoms with Crippen molar-refractivity contribution < 1.29 is 4.74 Å². The summed E-state index contributed by atoms with van der Waals surface area (Å²) >= 11 is 0. The summed E-state index contributed by atoms with van der Waals surface area (Å²) in [6, 6.07) is 11.8. The third-order valence-electron chi connectivity index (χ3n) is 6.25. The van der Waals surface area contributed by atoms with Gasteiger partial charge in [0.25, 0.3) is 0 Å². The summed E-state index contributed by atoms with van der Waals surface area (Å²) in [6.07, 6.45) is 1.44. The molecule has 1 aromatic carbocycles. The Balaban J connectivity index is 1.54. The number of nitrogens with one attached hydrogen (secondary N) is 1. The van der Waals surface area contributed by atoms with Gasteiger partial charge >= 0.3 is 0 Å². The first-order valence-corrected chi connectivity index (χ1v) is 10.7. The molecule has 3 atom stereocenters. The van der Waals surface area contributed by atoms with Crippen molar-refractivity contribution in [3.63, 3.8) is 0 Å². The van der Waals surface area contributed by atoms with E-state index in [9.17, 15) is 0 Å². The van der Waals surface area contributed by atoms with Crippen molar-refractivity contribution in [2.75, 3.05) is 53.4 Å². The minimum atomic E-state index is 0.263. The Labute approximate surface area is 170 Å². The van der Waals surface area contributed by atoms with Crippen LogP contribution in [0.3, 0.4) is 0 Å². The molecule has 6 heteroatoms. The van der Waals surface area contributed by atoms with Crippen LogP contribution in [-0.4, -0.2) is 92.3 Å². The van der Waals surface area contributed by atoms with Crippen LogP contribution in [0.2, 0.25) is 0 Å². The number of hydrogen-bond donors (Lipinski definition) is 1. The lowest BCUT2D eigenvalue weighted by atomic mass is 10.1. The highest BCUT2D eigenvalue weighted by Gasteiger charge is 2.41. The lowest BCUT2D eigenvalue weighted by molar-refractivity contribution is -0.0502. The van der Waals surface area contributed by atoms with E-state index in [1.807, 2.05) is 7.05 Å². The summed E-state index contributed by atoms with van der Waals surface area (Å²) in [5, 5.41) is 3.56. The first kappa shape index (κ1) is 21.1. The zero-order valence-electron chi connectivity index (χ0n) is 18.0. The van der Waals surface area contributed by atoms with Gasteiger partial charge in [-0.1, -0.05) is 37.3 Å². The van der Waals surface area contributed by atoms with Gasteiger partial charge < -0.3 is 19.9 Å². The molecule has 1 aromatic rings. The van der Waals surface area contributed by atoms with Crippen molar-refractivity contribution >= 4 is 5.96 Å². The number of rotatable bonds is 7. The topological polar surface area (TPSA) is 43.3 Å². The molecule has 2 saturated heterocycles. The second-order valence-corrected chi connectivity index (χ2v) is 8.05. The Hall–Kier alpha value is -1.63. The van der Waals surface area contributed by atoms with Gasteiger partial charge in [-0.3, -0.25) is 9.89 Å². The van der Waals surface area contributed by atoms with E-state index in [0.29, 0.717) is 12.1 Å². The number of ether oxygens (including phenoxy) is 1. The van der Waals surface area contributed by atoms with Crippen LogP contribution in [0.1, 0.15) is 25.8 Å². The van der Waals surface area contributed by atoms with E-state index >= 15 is 0 Å². The minimum absolute atomic E-state index is 0.263. The van der Waals surface area contributed by atoms with Crippen molar-refractivity contribution in [3.8, 4) is 0 Å². The quantitative estimate of drug-likeness (QED) is 0.572. The van der Waals surface area contributed by atoms with E-state index in [1.54, 1.807) is 0 Å². The number of likely N-dealkylation sites (N-methyl/N-ethyl adjacent to an activating group) is 1. The molecule has 1 N–H and O–H groups in total. The largest absolute Gasteiger partial charge is 0.373 e. The maximum Gasteiger partial charge on any atom is 0.193 e. The molecule has 28 heavy (non-hydrogen) atoms. The van der Waals surface area contributed by atoms with E-state index in [1.165, 1.54) is 12.0 Å².